The summed E-state index contributed by atoms with van der Waals surface area (Å²) in [5.74, 6) is 0.987. The van der Waals surface area contributed by atoms with Crippen LogP contribution >= 0.6 is 0 Å². The number of nitrogens with zero attached hydrogens (tertiary/aromatic N) is 4. The summed E-state index contributed by atoms with van der Waals surface area (Å²) in [6, 6.07) is 7.37. The van der Waals surface area contributed by atoms with Crippen LogP contribution in [0.15, 0.2) is 41.5 Å². The fraction of sp³-hybridized carbons (Fsp3) is 0.333. The van der Waals surface area contributed by atoms with E-state index in [2.05, 4.69) is 20.0 Å². The first-order valence-corrected chi connectivity index (χ1v) is 8.36. The molecule has 1 amide bonds. The van der Waals surface area contributed by atoms with Crippen molar-refractivity contribution in [3.8, 4) is 0 Å². The molecule has 1 aliphatic rings. The first-order chi connectivity index (χ1) is 12.1. The van der Waals surface area contributed by atoms with Crippen LogP contribution in [0.3, 0.4) is 0 Å². The maximum absolute atomic E-state index is 12.5. The fourth-order valence-corrected chi connectivity index (χ4v) is 3.42. The Kier molecular flexibility index (Phi) is 3.83. The molecule has 2 aromatic heterocycles. The van der Waals surface area contributed by atoms with E-state index >= 15 is 0 Å². The van der Waals surface area contributed by atoms with E-state index in [0.29, 0.717) is 11.1 Å². The van der Waals surface area contributed by atoms with Crippen LogP contribution in [0, 0.1) is 0 Å². The lowest BCUT2D eigenvalue weighted by atomic mass is 10.1. The van der Waals surface area contributed by atoms with E-state index in [1.54, 1.807) is 19.3 Å². The summed E-state index contributed by atoms with van der Waals surface area (Å²) in [5.41, 5.74) is 0.467. The Morgan fingerprint density at radius 1 is 1.32 bits per heavy atom. The summed E-state index contributed by atoms with van der Waals surface area (Å²) in [4.78, 5) is 29.0. The number of hydrogen-bond acceptors (Lipinski definition) is 4. The summed E-state index contributed by atoms with van der Waals surface area (Å²) >= 11 is 0. The Morgan fingerprint density at radius 2 is 2.12 bits per heavy atom. The number of benzene rings is 1. The molecule has 1 aliphatic heterocycles. The lowest BCUT2D eigenvalue weighted by molar-refractivity contribution is -0.121. The minimum Gasteiger partial charge on any atom is -0.351 e. The molecule has 128 valence electrons. The normalized spacial score (nSPS) is 16.6. The van der Waals surface area contributed by atoms with Gasteiger partial charge >= 0.3 is 0 Å². The van der Waals surface area contributed by atoms with E-state index in [-0.39, 0.29) is 23.9 Å². The number of fused-ring (bicyclic) bond motifs is 2. The van der Waals surface area contributed by atoms with E-state index in [1.807, 2.05) is 24.4 Å². The molecule has 4 rings (SSSR count). The summed E-state index contributed by atoms with van der Waals surface area (Å²) < 4.78 is 3.37. The first-order valence-electron chi connectivity index (χ1n) is 8.36. The van der Waals surface area contributed by atoms with Crippen molar-refractivity contribution in [2.75, 3.05) is 0 Å². The Morgan fingerprint density at radius 3 is 2.96 bits per heavy atom. The van der Waals surface area contributed by atoms with Gasteiger partial charge in [-0.1, -0.05) is 18.2 Å². The van der Waals surface area contributed by atoms with Gasteiger partial charge in [0, 0.05) is 43.8 Å². The molecule has 0 saturated carbocycles. The predicted octanol–water partition coefficient (Wildman–Crippen LogP) is 0.804. The largest absolute Gasteiger partial charge is 0.351 e. The van der Waals surface area contributed by atoms with Gasteiger partial charge in [0.15, 0.2) is 0 Å². The third kappa shape index (κ3) is 2.93. The van der Waals surface area contributed by atoms with Crippen LogP contribution in [-0.4, -0.2) is 31.3 Å². The quantitative estimate of drug-likeness (QED) is 0.767. The van der Waals surface area contributed by atoms with Crippen LogP contribution < -0.4 is 10.9 Å². The molecule has 7 heteroatoms. The van der Waals surface area contributed by atoms with Crippen molar-refractivity contribution in [3.05, 3.63) is 58.5 Å². The Labute approximate surface area is 144 Å². The minimum absolute atomic E-state index is 0.0788. The van der Waals surface area contributed by atoms with E-state index in [9.17, 15) is 9.59 Å². The molecule has 25 heavy (non-hydrogen) atoms. The fourth-order valence-electron chi connectivity index (χ4n) is 3.42. The van der Waals surface area contributed by atoms with Gasteiger partial charge in [0.2, 0.25) is 5.91 Å². The second-order valence-electron chi connectivity index (χ2n) is 6.40. The average Bonchev–Trinajstić information content (AvgIpc) is 3.07. The Bertz CT molecular complexity index is 1000. The molecule has 1 aromatic carbocycles. The zero-order chi connectivity index (χ0) is 17.4. The highest BCUT2D eigenvalue weighted by Crippen LogP contribution is 2.15. The number of rotatable bonds is 3. The monoisotopic (exact) mass is 337 g/mol. The predicted molar refractivity (Wildman–Crippen MR) is 93.2 cm³/mol. The molecule has 3 heterocycles. The number of aryl methyl sites for hydroxylation is 2. The van der Waals surface area contributed by atoms with E-state index in [0.717, 1.165) is 30.6 Å². The van der Waals surface area contributed by atoms with Gasteiger partial charge in [-0.25, -0.2) is 9.67 Å². The molecular weight excluding hydrogens is 318 g/mol. The van der Waals surface area contributed by atoms with Gasteiger partial charge in [0.25, 0.3) is 5.56 Å². The number of imidazole rings is 1. The molecule has 7 nitrogen and oxygen atoms in total. The summed E-state index contributed by atoms with van der Waals surface area (Å²) in [6.07, 6.45) is 5.63. The summed E-state index contributed by atoms with van der Waals surface area (Å²) in [5, 5.41) is 8.70. The minimum atomic E-state index is -0.153. The van der Waals surface area contributed by atoms with Crippen molar-refractivity contribution >= 4 is 16.7 Å². The molecule has 1 atom stereocenters. The molecule has 0 aliphatic carbocycles. The summed E-state index contributed by atoms with van der Waals surface area (Å²) in [7, 11) is 1.61. The molecule has 1 N–H and O–H groups in total. The number of nitrogens with one attached hydrogen (secondary N) is 1. The number of hydrogen-bond donors (Lipinski definition) is 1. The van der Waals surface area contributed by atoms with Crippen molar-refractivity contribution in [1.82, 2.24) is 24.6 Å². The maximum Gasteiger partial charge on any atom is 0.274 e. The smallest absolute Gasteiger partial charge is 0.274 e. The second kappa shape index (κ2) is 6.16. The van der Waals surface area contributed by atoms with Gasteiger partial charge in [-0.05, 0) is 12.5 Å². The van der Waals surface area contributed by atoms with Gasteiger partial charge in [0.05, 0.1) is 17.5 Å². The first kappa shape index (κ1) is 15.6. The number of carbonyl (C=O) groups is 1. The third-order valence-electron chi connectivity index (χ3n) is 4.66. The topological polar surface area (TPSA) is 81.8 Å². The van der Waals surface area contributed by atoms with Crippen LogP contribution in [0.5, 0.6) is 0 Å². The lowest BCUT2D eigenvalue weighted by Gasteiger charge is -2.24. The molecule has 0 radical (unpaired) electrons. The van der Waals surface area contributed by atoms with Crippen LogP contribution in [-0.2, 0) is 31.2 Å². The van der Waals surface area contributed by atoms with Crippen molar-refractivity contribution in [3.63, 3.8) is 0 Å². The molecule has 0 fully saturated rings. The average molecular weight is 337 g/mol. The van der Waals surface area contributed by atoms with Crippen molar-refractivity contribution in [1.29, 1.82) is 0 Å². The van der Waals surface area contributed by atoms with E-state index < -0.39 is 0 Å². The number of aromatic nitrogens is 4. The maximum atomic E-state index is 12.5. The summed E-state index contributed by atoms with van der Waals surface area (Å²) in [6.45, 7) is 0.739. The molecule has 0 spiro atoms. The van der Waals surface area contributed by atoms with Gasteiger partial charge < -0.3 is 9.88 Å². The number of amides is 1. The molecular formula is C18H19N5O2. The Balaban J connectivity index is 1.53. The van der Waals surface area contributed by atoms with Crippen molar-refractivity contribution < 1.29 is 4.79 Å². The van der Waals surface area contributed by atoms with E-state index in [1.165, 1.54) is 4.68 Å². The SMILES string of the molecule is Cn1nc(CC(=O)N[C@H]2CCc3nccn3C2)c2ccccc2c1=O. The van der Waals surface area contributed by atoms with Gasteiger partial charge in [-0.2, -0.15) is 5.10 Å². The van der Waals surface area contributed by atoms with Gasteiger partial charge in [-0.3, -0.25) is 9.59 Å². The lowest BCUT2D eigenvalue weighted by Crippen LogP contribution is -2.41. The van der Waals surface area contributed by atoms with Crippen molar-refractivity contribution in [2.24, 2.45) is 7.05 Å². The second-order valence-corrected chi connectivity index (χ2v) is 6.40. The Hall–Kier alpha value is -2.96. The standard InChI is InChI=1S/C18H19N5O2/c1-22-18(25)14-5-3-2-4-13(14)15(21-22)10-17(24)20-12-6-7-16-19-8-9-23(16)11-12/h2-5,8-9,12H,6-7,10-11H2,1H3,(H,20,24)/t12-/m0/s1. The van der Waals surface area contributed by atoms with Crippen molar-refractivity contribution in [2.45, 2.75) is 31.8 Å². The molecule has 3 aromatic rings. The molecule has 0 saturated heterocycles. The van der Waals surface area contributed by atoms with Crippen LogP contribution in [0.2, 0.25) is 0 Å². The van der Waals surface area contributed by atoms with Gasteiger partial charge in [-0.15, -0.1) is 0 Å². The van der Waals surface area contributed by atoms with Gasteiger partial charge in [0.1, 0.15) is 5.82 Å². The van der Waals surface area contributed by atoms with Crippen LogP contribution in [0.1, 0.15) is 17.9 Å². The highest BCUT2D eigenvalue weighted by atomic mass is 16.2. The van der Waals surface area contributed by atoms with E-state index in [4.69, 9.17) is 0 Å². The van der Waals surface area contributed by atoms with Crippen LogP contribution in [0.4, 0.5) is 0 Å². The zero-order valence-corrected chi connectivity index (χ0v) is 14.0. The third-order valence-corrected chi connectivity index (χ3v) is 4.66. The highest BCUT2D eigenvalue weighted by molar-refractivity contribution is 5.88. The molecule has 0 unspecified atom stereocenters. The highest BCUT2D eigenvalue weighted by Gasteiger charge is 2.21. The zero-order valence-electron chi connectivity index (χ0n) is 14.0. The molecule has 0 bridgehead atoms. The van der Waals surface area contributed by atoms with Crippen LogP contribution in [0.25, 0.3) is 10.8 Å². The number of carbonyl (C=O) groups excluding carboxylic acids is 1.